The SMILES string of the molecule is COc1ccc2nc(N3C(=O)C(=O)C(=C(O)c4ccc5c(c4)OCCO5)C3c3cccc(Br)c3)sc2c1. The molecule has 1 amide bonds. The number of nitrogens with zero attached hydrogens (tertiary/aromatic N) is 2. The van der Waals surface area contributed by atoms with Gasteiger partial charge in [-0.15, -0.1) is 0 Å². The molecule has 186 valence electrons. The van der Waals surface area contributed by atoms with Crippen LogP contribution in [0.1, 0.15) is 17.2 Å². The Balaban J connectivity index is 1.53. The molecule has 10 heteroatoms. The molecule has 1 saturated heterocycles. The van der Waals surface area contributed by atoms with Gasteiger partial charge in [-0.3, -0.25) is 14.5 Å². The van der Waals surface area contributed by atoms with E-state index in [1.54, 1.807) is 37.4 Å². The zero-order valence-corrected chi connectivity index (χ0v) is 21.8. The van der Waals surface area contributed by atoms with Gasteiger partial charge < -0.3 is 19.3 Å². The van der Waals surface area contributed by atoms with E-state index in [-0.39, 0.29) is 11.3 Å². The standard InChI is InChI=1S/C27H19BrN2O6S/c1-34-17-6-7-18-21(13-17)37-27(29-18)30-23(14-3-2-4-16(28)11-14)22(25(32)26(30)33)24(31)15-5-8-19-20(12-15)36-10-9-35-19/h2-8,11-13,23,31H,9-10H2,1H3. The number of hydrogen-bond donors (Lipinski definition) is 1. The van der Waals surface area contributed by atoms with Gasteiger partial charge in [0.05, 0.1) is 28.9 Å². The number of hydrogen-bond acceptors (Lipinski definition) is 8. The van der Waals surface area contributed by atoms with Gasteiger partial charge in [0.2, 0.25) is 0 Å². The van der Waals surface area contributed by atoms with Crippen molar-refractivity contribution in [3.8, 4) is 17.2 Å². The lowest BCUT2D eigenvalue weighted by molar-refractivity contribution is -0.132. The van der Waals surface area contributed by atoms with Crippen molar-refractivity contribution in [3.05, 3.63) is 81.8 Å². The second-order valence-corrected chi connectivity index (χ2v) is 10.3. The van der Waals surface area contributed by atoms with E-state index in [0.717, 1.165) is 9.17 Å². The van der Waals surface area contributed by atoms with E-state index < -0.39 is 17.7 Å². The molecule has 1 aromatic heterocycles. The van der Waals surface area contributed by atoms with Gasteiger partial charge in [-0.25, -0.2) is 4.98 Å². The predicted octanol–water partition coefficient (Wildman–Crippen LogP) is 5.46. The first-order valence-electron chi connectivity index (χ1n) is 11.4. The lowest BCUT2D eigenvalue weighted by Crippen LogP contribution is -2.29. The fourth-order valence-electron chi connectivity index (χ4n) is 4.49. The molecular weight excluding hydrogens is 560 g/mol. The van der Waals surface area contributed by atoms with Gasteiger partial charge in [-0.2, -0.15) is 0 Å². The van der Waals surface area contributed by atoms with Gasteiger partial charge >= 0.3 is 5.91 Å². The van der Waals surface area contributed by atoms with Crippen molar-refractivity contribution < 1.29 is 28.9 Å². The van der Waals surface area contributed by atoms with Gasteiger partial charge in [0.1, 0.15) is 24.7 Å². The molecule has 0 radical (unpaired) electrons. The third-order valence-electron chi connectivity index (χ3n) is 6.21. The Kier molecular flexibility index (Phi) is 5.85. The molecule has 1 unspecified atom stereocenters. The first-order chi connectivity index (χ1) is 17.9. The van der Waals surface area contributed by atoms with E-state index in [4.69, 9.17) is 14.2 Å². The summed E-state index contributed by atoms with van der Waals surface area (Å²) in [6, 6.07) is 16.7. The van der Waals surface area contributed by atoms with Gasteiger partial charge in [0, 0.05) is 10.0 Å². The summed E-state index contributed by atoms with van der Waals surface area (Å²) in [6.07, 6.45) is 0. The molecule has 37 heavy (non-hydrogen) atoms. The average Bonchev–Trinajstić information content (AvgIpc) is 3.45. The number of amides is 1. The van der Waals surface area contributed by atoms with Crippen molar-refractivity contribution >= 4 is 60.1 Å². The number of carbonyl (C=O) groups is 2. The number of Topliss-reactive ketones (excluding diaryl/α,β-unsaturated/α-hetero) is 1. The number of thiazole rings is 1. The summed E-state index contributed by atoms with van der Waals surface area (Å²) in [4.78, 5) is 32.9. The molecule has 3 aromatic carbocycles. The summed E-state index contributed by atoms with van der Waals surface area (Å²) in [5.74, 6) is -0.192. The Bertz CT molecular complexity index is 1610. The minimum absolute atomic E-state index is 0.0309. The first kappa shape index (κ1) is 23.5. The summed E-state index contributed by atoms with van der Waals surface area (Å²) < 4.78 is 18.1. The molecule has 0 aliphatic carbocycles. The molecule has 6 rings (SSSR count). The molecule has 1 atom stereocenters. The number of halogens is 1. The minimum atomic E-state index is -0.895. The molecule has 8 nitrogen and oxygen atoms in total. The monoisotopic (exact) mass is 578 g/mol. The van der Waals surface area contributed by atoms with Crippen molar-refractivity contribution in [1.82, 2.24) is 4.98 Å². The molecule has 1 fully saturated rings. The fourth-order valence-corrected chi connectivity index (χ4v) is 5.93. The van der Waals surface area contributed by atoms with Crippen molar-refractivity contribution in [2.24, 2.45) is 0 Å². The molecule has 0 saturated carbocycles. The third-order valence-corrected chi connectivity index (χ3v) is 7.73. The molecule has 3 heterocycles. The van der Waals surface area contributed by atoms with Crippen LogP contribution in [-0.4, -0.2) is 42.1 Å². The number of aromatic nitrogens is 1. The van der Waals surface area contributed by atoms with E-state index in [1.807, 2.05) is 30.3 Å². The largest absolute Gasteiger partial charge is 0.507 e. The maximum Gasteiger partial charge on any atom is 0.301 e. The highest BCUT2D eigenvalue weighted by Gasteiger charge is 2.48. The maximum atomic E-state index is 13.5. The number of ether oxygens (including phenoxy) is 3. The molecule has 1 N–H and O–H groups in total. The van der Waals surface area contributed by atoms with Crippen LogP contribution in [0.25, 0.3) is 16.0 Å². The minimum Gasteiger partial charge on any atom is -0.507 e. The van der Waals surface area contributed by atoms with E-state index in [2.05, 4.69) is 20.9 Å². The van der Waals surface area contributed by atoms with Crippen molar-refractivity contribution in [3.63, 3.8) is 0 Å². The van der Waals surface area contributed by atoms with Crippen molar-refractivity contribution in [2.75, 3.05) is 25.2 Å². The van der Waals surface area contributed by atoms with Gasteiger partial charge in [0.25, 0.3) is 5.78 Å². The number of aliphatic hydroxyl groups excluding tert-OH is 1. The topological polar surface area (TPSA) is 98.2 Å². The maximum absolute atomic E-state index is 13.5. The molecule has 2 aliphatic rings. The summed E-state index contributed by atoms with van der Waals surface area (Å²) in [5.41, 5.74) is 1.62. The smallest absolute Gasteiger partial charge is 0.301 e. The summed E-state index contributed by atoms with van der Waals surface area (Å²) in [7, 11) is 1.58. The number of benzene rings is 3. The highest BCUT2D eigenvalue weighted by molar-refractivity contribution is 9.10. The van der Waals surface area contributed by atoms with E-state index in [0.29, 0.717) is 52.2 Å². The Labute approximate surface area is 223 Å². The average molecular weight is 579 g/mol. The van der Waals surface area contributed by atoms with Gasteiger partial charge in [-0.05, 0) is 54.1 Å². The number of aliphatic hydroxyl groups is 1. The summed E-state index contributed by atoms with van der Waals surface area (Å²) >= 11 is 4.75. The summed E-state index contributed by atoms with van der Waals surface area (Å²) in [5, 5.41) is 11.8. The van der Waals surface area contributed by atoms with Crippen LogP contribution in [0.3, 0.4) is 0 Å². The fraction of sp³-hybridized carbons (Fsp3) is 0.148. The zero-order chi connectivity index (χ0) is 25.7. The molecular formula is C27H19BrN2O6S. The number of methoxy groups -OCH3 is 1. The lowest BCUT2D eigenvalue weighted by atomic mass is 9.95. The second-order valence-electron chi connectivity index (χ2n) is 8.41. The van der Waals surface area contributed by atoms with Crippen molar-refractivity contribution in [2.45, 2.75) is 6.04 Å². The highest BCUT2D eigenvalue weighted by atomic mass is 79.9. The highest BCUT2D eigenvalue weighted by Crippen LogP contribution is 2.45. The van der Waals surface area contributed by atoms with Crippen LogP contribution in [0, 0.1) is 0 Å². The Hall–Kier alpha value is -3.89. The Morgan fingerprint density at radius 3 is 2.68 bits per heavy atom. The molecule has 4 aromatic rings. The number of ketones is 1. The Morgan fingerprint density at radius 2 is 1.89 bits per heavy atom. The van der Waals surface area contributed by atoms with Crippen LogP contribution < -0.4 is 19.1 Å². The van der Waals surface area contributed by atoms with Crippen molar-refractivity contribution in [1.29, 1.82) is 0 Å². The Morgan fingerprint density at radius 1 is 1.08 bits per heavy atom. The quantitative estimate of drug-likeness (QED) is 0.195. The number of fused-ring (bicyclic) bond motifs is 2. The van der Waals surface area contributed by atoms with Gasteiger partial charge in [-0.1, -0.05) is 39.4 Å². The van der Waals surface area contributed by atoms with Crippen LogP contribution in [0.15, 0.2) is 70.7 Å². The van der Waals surface area contributed by atoms with Crippen LogP contribution in [0.5, 0.6) is 17.2 Å². The number of anilines is 1. The van der Waals surface area contributed by atoms with Crippen LogP contribution in [0.2, 0.25) is 0 Å². The third kappa shape index (κ3) is 4.02. The first-order valence-corrected chi connectivity index (χ1v) is 13.0. The number of carbonyl (C=O) groups excluding carboxylic acids is 2. The molecule has 2 aliphatic heterocycles. The number of rotatable bonds is 4. The van der Waals surface area contributed by atoms with E-state index in [9.17, 15) is 14.7 Å². The van der Waals surface area contributed by atoms with Gasteiger partial charge in [0.15, 0.2) is 16.6 Å². The van der Waals surface area contributed by atoms with E-state index >= 15 is 0 Å². The van der Waals surface area contributed by atoms with Crippen LogP contribution in [0.4, 0.5) is 5.13 Å². The summed E-state index contributed by atoms with van der Waals surface area (Å²) in [6.45, 7) is 0.808. The van der Waals surface area contributed by atoms with E-state index in [1.165, 1.54) is 16.2 Å². The lowest BCUT2D eigenvalue weighted by Gasteiger charge is -2.23. The van der Waals surface area contributed by atoms with Crippen LogP contribution >= 0.6 is 27.3 Å². The second kappa shape index (κ2) is 9.20. The predicted molar refractivity (Wildman–Crippen MR) is 143 cm³/mol. The zero-order valence-electron chi connectivity index (χ0n) is 19.4. The normalized spacial score (nSPS) is 18.4. The molecule has 0 spiro atoms. The molecule has 0 bridgehead atoms. The van der Waals surface area contributed by atoms with Crippen LogP contribution in [-0.2, 0) is 9.59 Å².